The molecule has 0 bridgehead atoms. The molecule has 3 nitrogen and oxygen atoms in total. The highest BCUT2D eigenvalue weighted by Crippen LogP contribution is 2.21. The smallest absolute Gasteiger partial charge is 0.173 e. The fraction of sp³-hybridized carbons (Fsp3) is 0.400. The van der Waals surface area contributed by atoms with E-state index >= 15 is 0 Å². The van der Waals surface area contributed by atoms with Gasteiger partial charge in [-0.1, -0.05) is 51.1 Å². The number of allylic oxidation sites excluding steroid dienone is 1. The van der Waals surface area contributed by atoms with Crippen molar-refractivity contribution in [1.29, 1.82) is 0 Å². The zero-order valence-electron chi connectivity index (χ0n) is 11.3. The van der Waals surface area contributed by atoms with E-state index in [1.165, 1.54) is 5.56 Å². The van der Waals surface area contributed by atoms with Crippen LogP contribution in [0.4, 0.5) is 0 Å². The molecule has 1 aliphatic rings. The van der Waals surface area contributed by atoms with Crippen LogP contribution in [0.2, 0.25) is 0 Å². The van der Waals surface area contributed by atoms with Gasteiger partial charge < -0.3 is 4.90 Å². The van der Waals surface area contributed by atoms with Crippen LogP contribution in [0.3, 0.4) is 0 Å². The molecule has 1 aromatic rings. The molecule has 0 amide bonds. The molecule has 1 heterocycles. The summed E-state index contributed by atoms with van der Waals surface area (Å²) in [5.41, 5.74) is 8.45. The van der Waals surface area contributed by atoms with Crippen LogP contribution in [0.25, 0.3) is 0 Å². The van der Waals surface area contributed by atoms with Crippen molar-refractivity contribution in [2.75, 3.05) is 0 Å². The minimum absolute atomic E-state index is 0.0486. The predicted octanol–water partition coefficient (Wildman–Crippen LogP) is 2.75. The minimum atomic E-state index is -0.288. The maximum absolute atomic E-state index is 6.10. The van der Waals surface area contributed by atoms with Gasteiger partial charge in [0, 0.05) is 23.9 Å². The molecule has 18 heavy (non-hydrogen) atoms. The third-order valence-electron chi connectivity index (χ3n) is 3.01. The maximum atomic E-state index is 6.10. The summed E-state index contributed by atoms with van der Waals surface area (Å²) in [4.78, 5) is 6.61. The first-order valence-electron chi connectivity index (χ1n) is 6.28. The Labute approximate surface area is 109 Å². The SMILES string of the molecule is CC(C)(C)C1=NC(N)N(Cc2ccccc2)C=C1. The molecule has 0 aliphatic carbocycles. The van der Waals surface area contributed by atoms with E-state index < -0.39 is 0 Å². The molecule has 0 spiro atoms. The molecule has 1 atom stereocenters. The Morgan fingerprint density at radius 2 is 1.89 bits per heavy atom. The number of benzene rings is 1. The zero-order valence-corrected chi connectivity index (χ0v) is 11.3. The van der Waals surface area contributed by atoms with E-state index in [4.69, 9.17) is 5.73 Å². The van der Waals surface area contributed by atoms with Gasteiger partial charge in [0.2, 0.25) is 0 Å². The van der Waals surface area contributed by atoms with E-state index in [1.807, 2.05) is 29.3 Å². The van der Waals surface area contributed by atoms with Crippen molar-refractivity contribution in [2.24, 2.45) is 16.1 Å². The second-order valence-electron chi connectivity index (χ2n) is 5.65. The molecule has 0 aromatic heterocycles. The number of nitrogens with zero attached hydrogens (tertiary/aromatic N) is 2. The van der Waals surface area contributed by atoms with Gasteiger partial charge in [-0.05, 0) is 11.6 Å². The lowest BCUT2D eigenvalue weighted by atomic mass is 9.89. The fourth-order valence-electron chi connectivity index (χ4n) is 1.90. The third kappa shape index (κ3) is 2.99. The summed E-state index contributed by atoms with van der Waals surface area (Å²) < 4.78 is 0. The molecule has 0 fully saturated rings. The predicted molar refractivity (Wildman–Crippen MR) is 76.0 cm³/mol. The van der Waals surface area contributed by atoms with Gasteiger partial charge in [0.15, 0.2) is 6.29 Å². The average molecular weight is 243 g/mol. The molecule has 2 N–H and O–H groups in total. The van der Waals surface area contributed by atoms with Gasteiger partial charge in [-0.15, -0.1) is 0 Å². The molecule has 0 radical (unpaired) electrons. The molecule has 0 saturated carbocycles. The first-order valence-corrected chi connectivity index (χ1v) is 6.28. The largest absolute Gasteiger partial charge is 0.340 e. The van der Waals surface area contributed by atoms with Crippen molar-refractivity contribution in [3.8, 4) is 0 Å². The van der Waals surface area contributed by atoms with Crippen molar-refractivity contribution in [2.45, 2.75) is 33.6 Å². The van der Waals surface area contributed by atoms with Crippen LogP contribution < -0.4 is 5.73 Å². The second kappa shape index (κ2) is 4.94. The van der Waals surface area contributed by atoms with Crippen molar-refractivity contribution < 1.29 is 0 Å². The molecular weight excluding hydrogens is 222 g/mol. The lowest BCUT2D eigenvalue weighted by molar-refractivity contribution is 0.275. The highest BCUT2D eigenvalue weighted by Gasteiger charge is 2.22. The number of hydrogen-bond donors (Lipinski definition) is 1. The lowest BCUT2D eigenvalue weighted by Crippen LogP contribution is -2.41. The van der Waals surface area contributed by atoms with Gasteiger partial charge in [-0.2, -0.15) is 0 Å². The Balaban J connectivity index is 2.08. The van der Waals surface area contributed by atoms with Crippen LogP contribution in [0, 0.1) is 5.41 Å². The first-order chi connectivity index (χ1) is 8.47. The molecule has 1 aromatic carbocycles. The first kappa shape index (κ1) is 12.8. The molecule has 1 unspecified atom stereocenters. The molecule has 96 valence electrons. The fourth-order valence-corrected chi connectivity index (χ4v) is 1.90. The minimum Gasteiger partial charge on any atom is -0.340 e. The lowest BCUT2D eigenvalue weighted by Gasteiger charge is -2.31. The number of hydrogen-bond acceptors (Lipinski definition) is 3. The monoisotopic (exact) mass is 243 g/mol. The van der Waals surface area contributed by atoms with Gasteiger partial charge in [0.1, 0.15) is 0 Å². The van der Waals surface area contributed by atoms with Crippen LogP contribution in [0.1, 0.15) is 26.3 Å². The summed E-state index contributed by atoms with van der Waals surface area (Å²) in [5.74, 6) is 0. The second-order valence-corrected chi connectivity index (χ2v) is 5.65. The summed E-state index contributed by atoms with van der Waals surface area (Å²) >= 11 is 0. The van der Waals surface area contributed by atoms with Crippen molar-refractivity contribution in [1.82, 2.24) is 4.90 Å². The van der Waals surface area contributed by atoms with Crippen molar-refractivity contribution in [3.05, 3.63) is 48.2 Å². The van der Waals surface area contributed by atoms with E-state index in [1.54, 1.807) is 0 Å². The number of aliphatic imine (C=N–C) groups is 1. The summed E-state index contributed by atoms with van der Waals surface area (Å²) in [6.07, 6.45) is 3.82. The molecular formula is C15H21N3. The number of rotatable bonds is 2. The molecule has 2 rings (SSSR count). The summed E-state index contributed by atoms with van der Waals surface area (Å²) in [5, 5.41) is 0. The molecule has 1 aliphatic heterocycles. The normalized spacial score (nSPS) is 19.9. The van der Waals surface area contributed by atoms with Gasteiger partial charge in [-0.25, -0.2) is 4.99 Å². The van der Waals surface area contributed by atoms with Gasteiger partial charge in [0.05, 0.1) is 0 Å². The van der Waals surface area contributed by atoms with Crippen LogP contribution in [0.15, 0.2) is 47.6 Å². The van der Waals surface area contributed by atoms with Crippen molar-refractivity contribution >= 4 is 5.71 Å². The van der Waals surface area contributed by atoms with Gasteiger partial charge >= 0.3 is 0 Å². The number of nitrogens with two attached hydrogens (primary N) is 1. The Hall–Kier alpha value is -1.61. The van der Waals surface area contributed by atoms with Crippen LogP contribution >= 0.6 is 0 Å². The van der Waals surface area contributed by atoms with E-state index in [2.05, 4.69) is 44.0 Å². The van der Waals surface area contributed by atoms with E-state index in [-0.39, 0.29) is 11.7 Å². The zero-order chi connectivity index (χ0) is 13.2. The van der Waals surface area contributed by atoms with E-state index in [0.717, 1.165) is 12.3 Å². The molecule has 0 saturated heterocycles. The maximum Gasteiger partial charge on any atom is 0.173 e. The topological polar surface area (TPSA) is 41.6 Å². The Kier molecular flexibility index (Phi) is 3.53. The average Bonchev–Trinajstić information content (AvgIpc) is 2.32. The van der Waals surface area contributed by atoms with Crippen LogP contribution in [0.5, 0.6) is 0 Å². The standard InChI is InChI=1S/C15H21N3/c1-15(2,3)13-9-10-18(14(16)17-13)11-12-7-5-4-6-8-12/h4-10,14H,11,16H2,1-3H3. The summed E-state index contributed by atoms with van der Waals surface area (Å²) in [6.45, 7) is 7.24. The Morgan fingerprint density at radius 3 is 2.44 bits per heavy atom. The van der Waals surface area contributed by atoms with Crippen LogP contribution in [-0.4, -0.2) is 16.9 Å². The van der Waals surface area contributed by atoms with Gasteiger partial charge in [-0.3, -0.25) is 5.73 Å². The Bertz CT molecular complexity index is 454. The highest BCUT2D eigenvalue weighted by atomic mass is 15.3. The summed E-state index contributed by atoms with van der Waals surface area (Å²) in [6, 6.07) is 10.3. The summed E-state index contributed by atoms with van der Waals surface area (Å²) in [7, 11) is 0. The van der Waals surface area contributed by atoms with Gasteiger partial charge in [0.25, 0.3) is 0 Å². The van der Waals surface area contributed by atoms with E-state index in [9.17, 15) is 0 Å². The highest BCUT2D eigenvalue weighted by molar-refractivity contribution is 5.99. The molecule has 3 heteroatoms. The third-order valence-corrected chi connectivity index (χ3v) is 3.01. The van der Waals surface area contributed by atoms with Crippen LogP contribution in [-0.2, 0) is 6.54 Å². The van der Waals surface area contributed by atoms with Crippen molar-refractivity contribution in [3.63, 3.8) is 0 Å². The Morgan fingerprint density at radius 1 is 1.22 bits per heavy atom. The van der Waals surface area contributed by atoms with E-state index in [0.29, 0.717) is 0 Å². The quantitative estimate of drug-likeness (QED) is 0.867.